The highest BCUT2D eigenvalue weighted by Crippen LogP contribution is 2.31. The number of benzene rings is 2. The maximum absolute atomic E-state index is 13.4. The van der Waals surface area contributed by atoms with Crippen LogP contribution in [0.25, 0.3) is 0 Å². The summed E-state index contributed by atoms with van der Waals surface area (Å²) in [6, 6.07) is 10.8. The van der Waals surface area contributed by atoms with Gasteiger partial charge in [0.25, 0.3) is 15.9 Å². The molecule has 0 atom stereocenters. The Kier molecular flexibility index (Phi) is 7.53. The van der Waals surface area contributed by atoms with Crippen molar-refractivity contribution >= 4 is 33.2 Å². The number of carbonyl (C=O) groups excluding carboxylic acids is 1. The lowest BCUT2D eigenvalue weighted by Gasteiger charge is -2.22. The number of nitrogens with zero attached hydrogens (tertiary/aromatic N) is 2. The predicted molar refractivity (Wildman–Crippen MR) is 132 cm³/mol. The number of halogens is 1. The van der Waals surface area contributed by atoms with Crippen LogP contribution in [0.1, 0.15) is 21.5 Å². The van der Waals surface area contributed by atoms with Crippen LogP contribution in [-0.2, 0) is 23.2 Å². The first-order valence-corrected chi connectivity index (χ1v) is 12.7. The third kappa shape index (κ3) is 5.32. The van der Waals surface area contributed by atoms with Gasteiger partial charge in [0.1, 0.15) is 28.6 Å². The summed E-state index contributed by atoms with van der Waals surface area (Å²) in [6.45, 7) is 0.452. The van der Waals surface area contributed by atoms with Crippen LogP contribution >= 0.6 is 11.6 Å². The normalized spacial score (nSPS) is 13.4. The molecule has 0 fully saturated rings. The van der Waals surface area contributed by atoms with Gasteiger partial charge in [-0.05, 0) is 47.5 Å². The molecular weight excluding hydrogens is 510 g/mol. The minimum atomic E-state index is -4.11. The summed E-state index contributed by atoms with van der Waals surface area (Å²) >= 11 is 5.99. The van der Waals surface area contributed by atoms with Crippen molar-refractivity contribution in [3.8, 4) is 17.4 Å². The molecule has 1 amide bonds. The van der Waals surface area contributed by atoms with Crippen molar-refractivity contribution < 1.29 is 32.5 Å². The van der Waals surface area contributed by atoms with Gasteiger partial charge in [-0.25, -0.2) is 13.4 Å². The molecular formula is C24H24ClN3O7S. The number of pyridine rings is 1. The van der Waals surface area contributed by atoms with Crippen LogP contribution < -0.4 is 18.9 Å². The van der Waals surface area contributed by atoms with Crippen molar-refractivity contribution in [1.29, 1.82) is 0 Å². The molecule has 2 N–H and O–H groups in total. The van der Waals surface area contributed by atoms with E-state index in [1.807, 2.05) is 0 Å². The fourth-order valence-corrected chi connectivity index (χ4v) is 5.23. The van der Waals surface area contributed by atoms with Crippen molar-refractivity contribution in [2.24, 2.45) is 0 Å². The standard InChI is InChI=1S/C24H24ClN3O7S/c1-33-19-5-3-15(16(9-19)14-29)13-28-7-8-35-23-20(24(28)30)11-18(12-26-23)27-36(31,32)22-10-17(25)4-6-21(22)34-2/h3-6,9-12,27,29H,7-8,13-14H2,1-2H3. The van der Waals surface area contributed by atoms with Gasteiger partial charge in [-0.1, -0.05) is 17.7 Å². The van der Waals surface area contributed by atoms with E-state index in [0.717, 1.165) is 5.56 Å². The summed E-state index contributed by atoms with van der Waals surface area (Å²) < 4.78 is 44.5. The molecule has 0 bridgehead atoms. The number of ether oxygens (including phenoxy) is 3. The SMILES string of the molecule is COc1ccc(CN2CCOc3ncc(NS(=O)(=O)c4cc(Cl)ccc4OC)cc3C2=O)c(CO)c1. The topological polar surface area (TPSA) is 127 Å². The molecule has 0 saturated heterocycles. The molecule has 2 heterocycles. The Hall–Kier alpha value is -3.54. The Morgan fingerprint density at radius 3 is 2.67 bits per heavy atom. The van der Waals surface area contributed by atoms with E-state index in [1.165, 1.54) is 44.7 Å². The number of aromatic nitrogens is 1. The minimum Gasteiger partial charge on any atom is -0.497 e. The van der Waals surface area contributed by atoms with Crippen LogP contribution in [0.3, 0.4) is 0 Å². The van der Waals surface area contributed by atoms with E-state index in [1.54, 1.807) is 23.1 Å². The molecule has 190 valence electrons. The Bertz CT molecular complexity index is 1400. The van der Waals surface area contributed by atoms with Crippen LogP contribution in [0.4, 0.5) is 5.69 Å². The highest BCUT2D eigenvalue weighted by atomic mass is 35.5. The van der Waals surface area contributed by atoms with Crippen LogP contribution in [-0.4, -0.2) is 56.7 Å². The first kappa shape index (κ1) is 25.5. The third-order valence-corrected chi connectivity index (χ3v) is 7.22. The van der Waals surface area contributed by atoms with Crippen molar-refractivity contribution in [2.45, 2.75) is 18.0 Å². The van der Waals surface area contributed by atoms with Crippen LogP contribution in [0.2, 0.25) is 5.02 Å². The van der Waals surface area contributed by atoms with Crippen LogP contribution in [0.5, 0.6) is 17.4 Å². The molecule has 1 aromatic heterocycles. The van der Waals surface area contributed by atoms with E-state index in [4.69, 9.17) is 25.8 Å². The number of hydrogen-bond donors (Lipinski definition) is 2. The zero-order valence-electron chi connectivity index (χ0n) is 19.5. The molecule has 4 rings (SSSR count). The molecule has 0 aliphatic carbocycles. The molecule has 10 nitrogen and oxygen atoms in total. The molecule has 0 saturated carbocycles. The maximum atomic E-state index is 13.4. The number of hydrogen-bond acceptors (Lipinski definition) is 8. The number of fused-ring (bicyclic) bond motifs is 1. The largest absolute Gasteiger partial charge is 0.497 e. The Morgan fingerprint density at radius 2 is 1.94 bits per heavy atom. The summed E-state index contributed by atoms with van der Waals surface area (Å²) in [5.74, 6) is 0.412. The maximum Gasteiger partial charge on any atom is 0.265 e. The van der Waals surface area contributed by atoms with Gasteiger partial charge < -0.3 is 24.2 Å². The average molecular weight is 534 g/mol. The first-order chi connectivity index (χ1) is 17.2. The van der Waals surface area contributed by atoms with Gasteiger partial charge in [-0.15, -0.1) is 0 Å². The fourth-order valence-electron chi connectivity index (χ4n) is 3.76. The minimum absolute atomic E-state index is 0.0649. The highest BCUT2D eigenvalue weighted by molar-refractivity contribution is 7.92. The second-order valence-electron chi connectivity index (χ2n) is 7.85. The number of anilines is 1. The lowest BCUT2D eigenvalue weighted by molar-refractivity contribution is 0.0741. The number of carbonyl (C=O) groups is 1. The molecule has 0 unspecified atom stereocenters. The quantitative estimate of drug-likeness (QED) is 0.452. The first-order valence-electron chi connectivity index (χ1n) is 10.8. The van der Waals surface area contributed by atoms with Gasteiger partial charge in [0.05, 0.1) is 39.3 Å². The van der Waals surface area contributed by atoms with Gasteiger partial charge in [0.2, 0.25) is 5.88 Å². The van der Waals surface area contributed by atoms with Crippen molar-refractivity contribution in [2.75, 3.05) is 32.1 Å². The van der Waals surface area contributed by atoms with Crippen LogP contribution in [0, 0.1) is 0 Å². The summed E-state index contributed by atoms with van der Waals surface area (Å²) in [5.41, 5.74) is 1.54. The number of methoxy groups -OCH3 is 2. The number of amides is 1. The number of sulfonamides is 1. The van der Waals surface area contributed by atoms with Gasteiger partial charge >= 0.3 is 0 Å². The van der Waals surface area contributed by atoms with Gasteiger partial charge in [-0.3, -0.25) is 9.52 Å². The van der Waals surface area contributed by atoms with E-state index < -0.39 is 15.9 Å². The second-order valence-corrected chi connectivity index (χ2v) is 9.93. The lowest BCUT2D eigenvalue weighted by Crippen LogP contribution is -2.32. The Morgan fingerprint density at radius 1 is 1.14 bits per heavy atom. The summed E-state index contributed by atoms with van der Waals surface area (Å²) in [5, 5.41) is 9.98. The smallest absolute Gasteiger partial charge is 0.265 e. The average Bonchev–Trinajstić information content (AvgIpc) is 3.02. The fraction of sp³-hybridized carbons (Fsp3) is 0.250. The highest BCUT2D eigenvalue weighted by Gasteiger charge is 2.27. The number of aliphatic hydroxyl groups excluding tert-OH is 1. The Balaban J connectivity index is 1.62. The molecule has 1 aliphatic rings. The van der Waals surface area contributed by atoms with Crippen molar-refractivity contribution in [3.63, 3.8) is 0 Å². The zero-order chi connectivity index (χ0) is 25.9. The monoisotopic (exact) mass is 533 g/mol. The van der Waals surface area contributed by atoms with Crippen molar-refractivity contribution in [1.82, 2.24) is 9.88 Å². The van der Waals surface area contributed by atoms with E-state index in [0.29, 0.717) is 11.3 Å². The summed E-state index contributed by atoms with van der Waals surface area (Å²) in [6.07, 6.45) is 1.27. The molecule has 0 radical (unpaired) electrons. The van der Waals surface area contributed by atoms with E-state index >= 15 is 0 Å². The lowest BCUT2D eigenvalue weighted by atomic mass is 10.1. The number of nitrogens with one attached hydrogen (secondary N) is 1. The number of aliphatic hydroxyl groups is 1. The molecule has 1 aliphatic heterocycles. The molecule has 3 aromatic rings. The molecule has 0 spiro atoms. The number of rotatable bonds is 8. The van der Waals surface area contributed by atoms with Crippen LogP contribution in [0.15, 0.2) is 53.6 Å². The van der Waals surface area contributed by atoms with E-state index in [-0.39, 0.29) is 59.1 Å². The van der Waals surface area contributed by atoms with Gasteiger partial charge in [0, 0.05) is 11.6 Å². The Labute approximate surface area is 213 Å². The summed E-state index contributed by atoms with van der Waals surface area (Å²) in [7, 11) is -1.23. The van der Waals surface area contributed by atoms with Crippen molar-refractivity contribution in [3.05, 3.63) is 70.4 Å². The predicted octanol–water partition coefficient (Wildman–Crippen LogP) is 3.08. The third-order valence-electron chi connectivity index (χ3n) is 5.58. The summed E-state index contributed by atoms with van der Waals surface area (Å²) in [4.78, 5) is 18.9. The second kappa shape index (κ2) is 10.6. The molecule has 12 heteroatoms. The van der Waals surface area contributed by atoms with E-state index in [2.05, 4.69) is 9.71 Å². The molecule has 36 heavy (non-hydrogen) atoms. The van der Waals surface area contributed by atoms with Gasteiger partial charge in [-0.2, -0.15) is 0 Å². The molecule has 2 aromatic carbocycles. The van der Waals surface area contributed by atoms with Gasteiger partial charge in [0.15, 0.2) is 0 Å². The van der Waals surface area contributed by atoms with E-state index in [9.17, 15) is 18.3 Å². The zero-order valence-corrected chi connectivity index (χ0v) is 21.1.